The van der Waals surface area contributed by atoms with Gasteiger partial charge in [0, 0.05) is 25.5 Å². The van der Waals surface area contributed by atoms with Crippen molar-refractivity contribution in [2.75, 3.05) is 0 Å². The van der Waals surface area contributed by atoms with Gasteiger partial charge in [0.25, 0.3) is 5.91 Å². The number of pyridine rings is 1. The number of benzene rings is 3. The molecule has 3 aromatic carbocycles. The first kappa shape index (κ1) is 24.9. The van der Waals surface area contributed by atoms with Crippen LogP contribution in [0.25, 0.3) is 0 Å². The number of aromatic nitrogens is 1. The number of ether oxygens (including phenoxy) is 1. The van der Waals surface area contributed by atoms with Crippen molar-refractivity contribution in [3.05, 3.63) is 131 Å². The zero-order chi connectivity index (χ0) is 25.5. The monoisotopic (exact) mass is 494 g/mol. The van der Waals surface area contributed by atoms with Gasteiger partial charge in [-0.2, -0.15) is 13.2 Å². The molecule has 0 aliphatic rings. The van der Waals surface area contributed by atoms with Crippen molar-refractivity contribution < 1.29 is 27.1 Å². The maximum atomic E-state index is 13.6. The van der Waals surface area contributed by atoms with Gasteiger partial charge >= 0.3 is 6.18 Å². The van der Waals surface area contributed by atoms with Gasteiger partial charge < -0.3 is 9.64 Å². The number of nitrogens with zero attached hydrogens (tertiary/aromatic N) is 2. The van der Waals surface area contributed by atoms with Gasteiger partial charge in [-0.1, -0.05) is 36.4 Å². The standard InChI is InChI=1S/C28H22F4N2O2/c29-23-5-3-4-22(16-23)19-36-24-10-8-20(9-11-24)17-34(18-21-12-14-33-15-13-21)27(35)25-6-1-2-7-26(25)28(30,31)32/h1-16H,17-19H2. The van der Waals surface area contributed by atoms with Crippen LogP contribution in [0, 0.1) is 5.82 Å². The number of amides is 1. The minimum absolute atomic E-state index is 0.0809. The molecule has 0 bridgehead atoms. The lowest BCUT2D eigenvalue weighted by atomic mass is 10.0. The molecule has 1 aromatic heterocycles. The second-order valence-electron chi connectivity index (χ2n) is 8.12. The molecule has 36 heavy (non-hydrogen) atoms. The minimum Gasteiger partial charge on any atom is -0.489 e. The van der Waals surface area contributed by atoms with Gasteiger partial charge in [-0.25, -0.2) is 4.39 Å². The van der Waals surface area contributed by atoms with E-state index in [0.29, 0.717) is 16.9 Å². The van der Waals surface area contributed by atoms with Crippen LogP contribution < -0.4 is 4.74 Å². The molecule has 0 saturated carbocycles. The third kappa shape index (κ3) is 6.47. The van der Waals surface area contributed by atoms with E-state index in [2.05, 4.69) is 4.98 Å². The summed E-state index contributed by atoms with van der Waals surface area (Å²) in [4.78, 5) is 18.6. The van der Waals surface area contributed by atoms with E-state index in [1.165, 1.54) is 35.2 Å². The lowest BCUT2D eigenvalue weighted by molar-refractivity contribution is -0.138. The average Bonchev–Trinajstić information content (AvgIpc) is 2.88. The Hall–Kier alpha value is -4.20. The van der Waals surface area contributed by atoms with Gasteiger partial charge in [0.15, 0.2) is 0 Å². The Bertz CT molecular complexity index is 1310. The molecule has 0 unspecified atom stereocenters. The van der Waals surface area contributed by atoms with Crippen LogP contribution >= 0.6 is 0 Å². The van der Waals surface area contributed by atoms with Crippen molar-refractivity contribution in [1.82, 2.24) is 9.88 Å². The van der Waals surface area contributed by atoms with Crippen molar-refractivity contribution in [2.45, 2.75) is 25.9 Å². The topological polar surface area (TPSA) is 42.4 Å². The summed E-state index contributed by atoms with van der Waals surface area (Å²) < 4.78 is 59.8. The van der Waals surface area contributed by atoms with E-state index < -0.39 is 23.2 Å². The van der Waals surface area contributed by atoms with Crippen LogP contribution in [0.2, 0.25) is 0 Å². The molecule has 0 aliphatic carbocycles. The highest BCUT2D eigenvalue weighted by atomic mass is 19.4. The predicted molar refractivity (Wildman–Crippen MR) is 126 cm³/mol. The van der Waals surface area contributed by atoms with Crippen LogP contribution in [0.15, 0.2) is 97.3 Å². The lowest BCUT2D eigenvalue weighted by Crippen LogP contribution is -2.31. The third-order valence-electron chi connectivity index (χ3n) is 5.46. The number of alkyl halides is 3. The molecule has 4 nitrogen and oxygen atoms in total. The number of hydrogen-bond acceptors (Lipinski definition) is 3. The first-order valence-corrected chi connectivity index (χ1v) is 11.1. The second kappa shape index (κ2) is 11.0. The van der Waals surface area contributed by atoms with Gasteiger partial charge in [-0.05, 0) is 65.2 Å². The van der Waals surface area contributed by atoms with Crippen molar-refractivity contribution in [3.63, 3.8) is 0 Å². The molecule has 0 fully saturated rings. The summed E-state index contributed by atoms with van der Waals surface area (Å²) in [5, 5.41) is 0. The fraction of sp³-hybridized carbons (Fsp3) is 0.143. The average molecular weight is 494 g/mol. The summed E-state index contributed by atoms with van der Waals surface area (Å²) in [5.74, 6) is -0.541. The first-order chi connectivity index (χ1) is 17.3. The van der Waals surface area contributed by atoms with Gasteiger partial charge in [0.2, 0.25) is 0 Å². The van der Waals surface area contributed by atoms with Gasteiger partial charge in [-0.3, -0.25) is 9.78 Å². The zero-order valence-corrected chi connectivity index (χ0v) is 19.1. The van der Waals surface area contributed by atoms with E-state index >= 15 is 0 Å². The predicted octanol–water partition coefficient (Wildman–Crippen LogP) is 6.66. The van der Waals surface area contributed by atoms with Crippen molar-refractivity contribution in [1.29, 1.82) is 0 Å². The summed E-state index contributed by atoms with van der Waals surface area (Å²) in [7, 11) is 0. The van der Waals surface area contributed by atoms with Crippen molar-refractivity contribution >= 4 is 5.91 Å². The maximum Gasteiger partial charge on any atom is 0.417 e. The maximum absolute atomic E-state index is 13.6. The van der Waals surface area contributed by atoms with E-state index in [1.807, 2.05) is 0 Å². The van der Waals surface area contributed by atoms with Crippen LogP contribution in [0.1, 0.15) is 32.6 Å². The van der Waals surface area contributed by atoms with E-state index in [1.54, 1.807) is 60.9 Å². The van der Waals surface area contributed by atoms with Crippen LogP contribution in [0.3, 0.4) is 0 Å². The number of hydrogen-bond donors (Lipinski definition) is 0. The van der Waals surface area contributed by atoms with Crippen molar-refractivity contribution in [3.8, 4) is 5.75 Å². The molecule has 1 heterocycles. The van der Waals surface area contributed by atoms with Crippen LogP contribution in [-0.2, 0) is 25.9 Å². The van der Waals surface area contributed by atoms with Crippen LogP contribution in [0.4, 0.5) is 17.6 Å². The molecule has 0 N–H and O–H groups in total. The fourth-order valence-corrected chi connectivity index (χ4v) is 3.70. The summed E-state index contributed by atoms with van der Waals surface area (Å²) >= 11 is 0. The molecule has 8 heteroatoms. The number of rotatable bonds is 8. The summed E-state index contributed by atoms with van der Waals surface area (Å²) in [6.45, 7) is 0.362. The Morgan fingerprint density at radius 1 is 0.806 bits per heavy atom. The molecular weight excluding hydrogens is 472 g/mol. The number of carbonyl (C=O) groups excluding carboxylic acids is 1. The molecule has 184 valence electrons. The van der Waals surface area contributed by atoms with E-state index in [9.17, 15) is 22.4 Å². The smallest absolute Gasteiger partial charge is 0.417 e. The molecule has 0 atom stereocenters. The first-order valence-electron chi connectivity index (χ1n) is 11.1. The summed E-state index contributed by atoms with van der Waals surface area (Å²) in [6, 6.07) is 21.2. The Kier molecular flexibility index (Phi) is 7.63. The van der Waals surface area contributed by atoms with E-state index in [-0.39, 0.29) is 25.5 Å². The molecule has 4 rings (SSSR count). The third-order valence-corrected chi connectivity index (χ3v) is 5.46. The highest BCUT2D eigenvalue weighted by Crippen LogP contribution is 2.33. The highest BCUT2D eigenvalue weighted by molar-refractivity contribution is 5.95. The Morgan fingerprint density at radius 3 is 2.14 bits per heavy atom. The van der Waals surface area contributed by atoms with E-state index in [4.69, 9.17) is 4.74 Å². The van der Waals surface area contributed by atoms with Gasteiger partial charge in [-0.15, -0.1) is 0 Å². The number of halogens is 4. The molecular formula is C28H22F4N2O2. The molecule has 0 aliphatic heterocycles. The van der Waals surface area contributed by atoms with Gasteiger partial charge in [0.1, 0.15) is 18.2 Å². The van der Waals surface area contributed by atoms with E-state index in [0.717, 1.165) is 11.6 Å². The number of carbonyl (C=O) groups is 1. The SMILES string of the molecule is O=C(c1ccccc1C(F)(F)F)N(Cc1ccncc1)Cc1ccc(OCc2cccc(F)c2)cc1. The quantitative estimate of drug-likeness (QED) is 0.257. The molecule has 0 spiro atoms. The zero-order valence-electron chi connectivity index (χ0n) is 19.1. The molecule has 0 saturated heterocycles. The summed E-state index contributed by atoms with van der Waals surface area (Å²) in [5.41, 5.74) is 0.736. The van der Waals surface area contributed by atoms with Crippen molar-refractivity contribution in [2.24, 2.45) is 0 Å². The minimum atomic E-state index is -4.66. The van der Waals surface area contributed by atoms with Gasteiger partial charge in [0.05, 0.1) is 11.1 Å². The van der Waals surface area contributed by atoms with Crippen LogP contribution in [-0.4, -0.2) is 15.8 Å². The Labute approximate surface area is 205 Å². The normalized spacial score (nSPS) is 11.2. The second-order valence-corrected chi connectivity index (χ2v) is 8.12. The molecule has 4 aromatic rings. The lowest BCUT2D eigenvalue weighted by Gasteiger charge is -2.25. The molecule has 0 radical (unpaired) electrons. The van der Waals surface area contributed by atoms with Crippen LogP contribution in [0.5, 0.6) is 5.75 Å². The Morgan fingerprint density at radius 2 is 1.47 bits per heavy atom. The Balaban J connectivity index is 1.53. The highest BCUT2D eigenvalue weighted by Gasteiger charge is 2.36. The fourth-order valence-electron chi connectivity index (χ4n) is 3.70. The largest absolute Gasteiger partial charge is 0.489 e. The summed E-state index contributed by atoms with van der Waals surface area (Å²) in [6.07, 6.45) is -1.53. The molecule has 1 amide bonds.